The highest BCUT2D eigenvalue weighted by atomic mass is 79.9. The number of hydrogen-bond donors (Lipinski definition) is 0. The first kappa shape index (κ1) is 22.6. The summed E-state index contributed by atoms with van der Waals surface area (Å²) in [5, 5.41) is 0. The lowest BCUT2D eigenvalue weighted by Gasteiger charge is -2.21. The monoisotopic (exact) mass is 497 g/mol. The normalized spacial score (nSPS) is 15.9. The highest BCUT2D eigenvalue weighted by Gasteiger charge is 2.34. The fraction of sp³-hybridized carbons (Fsp3) is 0.385. The Morgan fingerprint density at radius 3 is 2.91 bits per heavy atom. The Morgan fingerprint density at radius 2 is 2.16 bits per heavy atom. The third-order valence-electron chi connectivity index (χ3n) is 6.18. The summed E-state index contributed by atoms with van der Waals surface area (Å²) in [6.45, 7) is 4.59. The molecular weight excluding hydrogens is 470 g/mol. The maximum Gasteiger partial charge on any atom is 0.309 e. The van der Waals surface area contributed by atoms with Crippen molar-refractivity contribution in [1.29, 1.82) is 0 Å². The minimum Gasteiger partial charge on any atom is -0.492 e. The number of carbonyl (C=O) groups is 1. The highest BCUT2D eigenvalue weighted by molar-refractivity contribution is 9.10. The van der Waals surface area contributed by atoms with E-state index in [1.807, 2.05) is 19.1 Å². The van der Waals surface area contributed by atoms with E-state index in [0.717, 1.165) is 40.7 Å². The molecule has 5 nitrogen and oxygen atoms in total. The van der Waals surface area contributed by atoms with E-state index in [1.165, 1.54) is 23.8 Å². The number of oxazole rings is 1. The lowest BCUT2D eigenvalue weighted by atomic mass is 9.85. The molecule has 0 amide bonds. The van der Waals surface area contributed by atoms with Gasteiger partial charge >= 0.3 is 5.97 Å². The molecule has 4 rings (SSSR count). The van der Waals surface area contributed by atoms with E-state index in [4.69, 9.17) is 13.9 Å². The van der Waals surface area contributed by atoms with Crippen LogP contribution >= 0.6 is 15.9 Å². The Kier molecular flexibility index (Phi) is 6.99. The maximum atomic E-state index is 12.2. The molecule has 1 aliphatic carbocycles. The zero-order valence-corrected chi connectivity index (χ0v) is 20.3. The fourth-order valence-corrected chi connectivity index (χ4v) is 5.01. The van der Waals surface area contributed by atoms with Gasteiger partial charge in [0.25, 0.3) is 0 Å². The third kappa shape index (κ3) is 4.75. The predicted octanol–water partition coefficient (Wildman–Crippen LogP) is 6.26. The van der Waals surface area contributed by atoms with E-state index < -0.39 is 0 Å². The molecule has 0 saturated carbocycles. The van der Waals surface area contributed by atoms with Crippen molar-refractivity contribution in [3.8, 4) is 17.2 Å². The first-order chi connectivity index (χ1) is 15.5. The quantitative estimate of drug-likeness (QED) is 0.343. The molecule has 0 aliphatic heterocycles. The number of aromatic nitrogens is 1. The van der Waals surface area contributed by atoms with E-state index in [1.54, 1.807) is 6.26 Å². The molecule has 2 unspecified atom stereocenters. The molecule has 1 heterocycles. The number of nitrogens with zero attached hydrogens (tertiary/aromatic N) is 1. The standard InChI is InChI=1S/C26H28BrNO4/c1-4-20(26(29)30-3)21-9-8-17-13-24(23(27)14-22(17)21)31-11-10-19-15-32-25(28-19)18-7-5-6-16(2)12-18/h5-7,12-15,20-21H,4,8-11H2,1-3H3. The van der Waals surface area contributed by atoms with Gasteiger partial charge in [-0.1, -0.05) is 24.6 Å². The van der Waals surface area contributed by atoms with Gasteiger partial charge in [0, 0.05) is 12.0 Å². The Labute approximate surface area is 197 Å². The average molecular weight is 498 g/mol. The molecule has 0 bridgehead atoms. The average Bonchev–Trinajstić information content (AvgIpc) is 3.42. The van der Waals surface area contributed by atoms with Gasteiger partial charge in [-0.2, -0.15) is 0 Å². The number of ether oxygens (including phenoxy) is 2. The summed E-state index contributed by atoms with van der Waals surface area (Å²) < 4.78 is 17.7. The second-order valence-corrected chi connectivity index (χ2v) is 9.13. The van der Waals surface area contributed by atoms with Gasteiger partial charge in [0.05, 0.1) is 29.8 Å². The molecule has 1 aliphatic rings. The van der Waals surface area contributed by atoms with Gasteiger partial charge in [-0.25, -0.2) is 4.98 Å². The van der Waals surface area contributed by atoms with Crippen LogP contribution in [0, 0.1) is 12.8 Å². The van der Waals surface area contributed by atoms with Crippen LogP contribution in [0.25, 0.3) is 11.5 Å². The minimum absolute atomic E-state index is 0.102. The van der Waals surface area contributed by atoms with Gasteiger partial charge in [-0.3, -0.25) is 4.79 Å². The summed E-state index contributed by atoms with van der Waals surface area (Å²) >= 11 is 3.66. The fourth-order valence-electron chi connectivity index (χ4n) is 4.53. The van der Waals surface area contributed by atoms with Crippen LogP contribution < -0.4 is 4.74 Å². The summed E-state index contributed by atoms with van der Waals surface area (Å²) in [6, 6.07) is 12.3. The summed E-state index contributed by atoms with van der Waals surface area (Å²) in [7, 11) is 1.46. The van der Waals surface area contributed by atoms with Gasteiger partial charge in [0.2, 0.25) is 5.89 Å². The van der Waals surface area contributed by atoms with Crippen molar-refractivity contribution in [2.45, 2.75) is 45.4 Å². The summed E-state index contributed by atoms with van der Waals surface area (Å²) in [5.74, 6) is 1.42. The molecule has 0 radical (unpaired) electrons. The Bertz CT molecular complexity index is 1110. The lowest BCUT2D eigenvalue weighted by molar-refractivity contribution is -0.146. The number of benzene rings is 2. The van der Waals surface area contributed by atoms with Crippen LogP contribution in [-0.2, 0) is 22.4 Å². The van der Waals surface area contributed by atoms with E-state index in [9.17, 15) is 4.79 Å². The van der Waals surface area contributed by atoms with E-state index in [0.29, 0.717) is 18.9 Å². The SMILES string of the molecule is CCC(C(=O)OC)C1CCc2cc(OCCc3coc(-c4cccc(C)c4)n3)c(Br)cc21. The van der Waals surface area contributed by atoms with Crippen molar-refractivity contribution >= 4 is 21.9 Å². The Hall–Kier alpha value is -2.60. The van der Waals surface area contributed by atoms with Gasteiger partial charge in [-0.15, -0.1) is 0 Å². The summed E-state index contributed by atoms with van der Waals surface area (Å²) in [4.78, 5) is 16.8. The second-order valence-electron chi connectivity index (χ2n) is 8.28. The number of hydrogen-bond acceptors (Lipinski definition) is 5. The van der Waals surface area contributed by atoms with E-state index in [-0.39, 0.29) is 17.8 Å². The van der Waals surface area contributed by atoms with Crippen molar-refractivity contribution < 1.29 is 18.7 Å². The van der Waals surface area contributed by atoms with E-state index in [2.05, 4.69) is 52.1 Å². The maximum absolute atomic E-state index is 12.2. The van der Waals surface area contributed by atoms with Crippen molar-refractivity contribution in [3.63, 3.8) is 0 Å². The number of fused-ring (bicyclic) bond motifs is 1. The third-order valence-corrected chi connectivity index (χ3v) is 6.80. The summed E-state index contributed by atoms with van der Waals surface area (Å²) in [5.41, 5.74) is 5.48. The molecule has 0 N–H and O–H groups in total. The highest BCUT2D eigenvalue weighted by Crippen LogP contribution is 2.44. The van der Waals surface area contributed by atoms with Crippen LogP contribution in [0.5, 0.6) is 5.75 Å². The molecule has 6 heteroatoms. The minimum atomic E-state index is -0.126. The topological polar surface area (TPSA) is 61.6 Å². The second kappa shape index (κ2) is 9.90. The molecule has 0 spiro atoms. The van der Waals surface area contributed by atoms with Crippen molar-refractivity contribution in [2.24, 2.45) is 5.92 Å². The molecule has 0 saturated heterocycles. The van der Waals surface area contributed by atoms with E-state index >= 15 is 0 Å². The number of esters is 1. The van der Waals surface area contributed by atoms with Crippen LogP contribution in [0.1, 0.15) is 48.1 Å². The van der Waals surface area contributed by atoms with Crippen molar-refractivity contribution in [1.82, 2.24) is 4.98 Å². The molecular formula is C26H28BrNO4. The van der Waals surface area contributed by atoms with Crippen LogP contribution in [0.15, 0.2) is 51.6 Å². The van der Waals surface area contributed by atoms with Crippen LogP contribution in [0.2, 0.25) is 0 Å². The number of aryl methyl sites for hydroxylation is 2. The van der Waals surface area contributed by atoms with Gasteiger partial charge in [0.15, 0.2) is 0 Å². The molecule has 0 fully saturated rings. The first-order valence-corrected chi connectivity index (χ1v) is 11.8. The van der Waals surface area contributed by atoms with Crippen molar-refractivity contribution in [2.75, 3.05) is 13.7 Å². The zero-order valence-electron chi connectivity index (χ0n) is 18.7. The van der Waals surface area contributed by atoms with Crippen LogP contribution in [0.3, 0.4) is 0 Å². The van der Waals surface area contributed by atoms with Crippen LogP contribution in [-0.4, -0.2) is 24.7 Å². The van der Waals surface area contributed by atoms with Gasteiger partial charge in [-0.05, 0) is 83.4 Å². The van der Waals surface area contributed by atoms with Crippen molar-refractivity contribution in [3.05, 3.63) is 69.5 Å². The van der Waals surface area contributed by atoms with Gasteiger partial charge < -0.3 is 13.9 Å². The number of rotatable bonds is 8. The smallest absolute Gasteiger partial charge is 0.309 e. The lowest BCUT2D eigenvalue weighted by Crippen LogP contribution is -2.21. The summed E-state index contributed by atoms with van der Waals surface area (Å²) in [6.07, 6.45) is 5.03. The zero-order chi connectivity index (χ0) is 22.7. The molecule has 2 aromatic carbocycles. The number of halogens is 1. The van der Waals surface area contributed by atoms with Gasteiger partial charge in [0.1, 0.15) is 12.0 Å². The molecule has 2 atom stereocenters. The molecule has 32 heavy (non-hydrogen) atoms. The Balaban J connectivity index is 1.41. The largest absolute Gasteiger partial charge is 0.492 e. The predicted molar refractivity (Wildman–Crippen MR) is 127 cm³/mol. The molecule has 3 aromatic rings. The number of methoxy groups -OCH3 is 1. The Morgan fingerprint density at radius 1 is 1.31 bits per heavy atom. The van der Waals surface area contributed by atoms with Crippen LogP contribution in [0.4, 0.5) is 0 Å². The number of carbonyl (C=O) groups excluding carboxylic acids is 1. The first-order valence-electron chi connectivity index (χ1n) is 11.0. The molecule has 168 valence electrons. The molecule has 1 aromatic heterocycles.